The molecule has 1 aliphatic heterocycles. The number of nitrogens with one attached hydrogen (secondary N) is 1. The first-order chi connectivity index (χ1) is 14.3. The number of rotatable bonds is 4. The van der Waals surface area contributed by atoms with E-state index in [1.807, 2.05) is 19.1 Å². The molecule has 3 aromatic rings. The topological polar surface area (TPSA) is 53.9 Å². The molecular formula is C21H19F4N5. The van der Waals surface area contributed by atoms with Crippen molar-refractivity contribution in [2.24, 2.45) is 0 Å². The lowest BCUT2D eigenvalue weighted by molar-refractivity contribution is -0.138. The Morgan fingerprint density at radius 1 is 1.10 bits per heavy atom. The number of hydrogen-bond donors (Lipinski definition) is 1. The average Bonchev–Trinajstić information content (AvgIpc) is 2.71. The van der Waals surface area contributed by atoms with Crippen molar-refractivity contribution < 1.29 is 17.6 Å². The second-order valence-corrected chi connectivity index (χ2v) is 7.17. The molecule has 1 N–H and O–H groups in total. The number of hydrogen-bond acceptors (Lipinski definition) is 5. The van der Waals surface area contributed by atoms with E-state index in [-0.39, 0.29) is 12.1 Å². The predicted octanol–water partition coefficient (Wildman–Crippen LogP) is 4.51. The van der Waals surface area contributed by atoms with Crippen LogP contribution in [0.5, 0.6) is 0 Å². The maximum Gasteiger partial charge on any atom is 0.416 e. The molecular weight excluding hydrogens is 398 g/mol. The van der Waals surface area contributed by atoms with Crippen molar-refractivity contribution in [3.05, 3.63) is 76.6 Å². The van der Waals surface area contributed by atoms with Crippen LogP contribution < -0.4 is 10.2 Å². The van der Waals surface area contributed by atoms with Crippen LogP contribution in [0.3, 0.4) is 0 Å². The van der Waals surface area contributed by atoms with Crippen LogP contribution in [0.1, 0.15) is 27.9 Å². The van der Waals surface area contributed by atoms with Gasteiger partial charge in [0.25, 0.3) is 0 Å². The highest BCUT2D eigenvalue weighted by Crippen LogP contribution is 2.33. The Labute approximate surface area is 170 Å². The minimum Gasteiger partial charge on any atom is -0.366 e. The van der Waals surface area contributed by atoms with E-state index in [1.165, 1.54) is 6.33 Å². The standard InChI is InChI=1S/C21H19F4N5/c1-13-2-5-19(26-9-13)30-7-6-18-16(11-30)20(29-12-28-18)27-10-14-8-15(22)3-4-17(14)21(23,24)25/h2-5,8-9,12H,6-7,10-11H2,1H3,(H,27,28,29). The van der Waals surface area contributed by atoms with E-state index in [9.17, 15) is 17.6 Å². The fourth-order valence-corrected chi connectivity index (χ4v) is 3.50. The highest BCUT2D eigenvalue weighted by Gasteiger charge is 2.33. The maximum atomic E-state index is 13.6. The summed E-state index contributed by atoms with van der Waals surface area (Å²) in [6.07, 6.45) is -0.731. The van der Waals surface area contributed by atoms with Crippen LogP contribution >= 0.6 is 0 Å². The van der Waals surface area contributed by atoms with Crippen molar-refractivity contribution in [1.29, 1.82) is 0 Å². The number of pyridine rings is 1. The van der Waals surface area contributed by atoms with Gasteiger partial charge < -0.3 is 10.2 Å². The zero-order valence-corrected chi connectivity index (χ0v) is 16.2. The summed E-state index contributed by atoms with van der Waals surface area (Å²) in [5, 5.41) is 2.95. The van der Waals surface area contributed by atoms with Gasteiger partial charge in [-0.05, 0) is 42.3 Å². The summed E-state index contributed by atoms with van der Waals surface area (Å²) in [7, 11) is 0. The Morgan fingerprint density at radius 3 is 2.67 bits per heavy atom. The minimum atomic E-state index is -4.57. The van der Waals surface area contributed by atoms with Gasteiger partial charge in [-0.1, -0.05) is 6.07 Å². The molecule has 3 heterocycles. The summed E-state index contributed by atoms with van der Waals surface area (Å²) in [6.45, 7) is 2.95. The van der Waals surface area contributed by atoms with Gasteiger partial charge in [0.1, 0.15) is 23.8 Å². The van der Waals surface area contributed by atoms with Crippen LogP contribution in [0, 0.1) is 12.7 Å². The molecule has 156 valence electrons. The summed E-state index contributed by atoms with van der Waals surface area (Å²) in [4.78, 5) is 15.0. The highest BCUT2D eigenvalue weighted by atomic mass is 19.4. The fraction of sp³-hybridized carbons (Fsp3) is 0.286. The third-order valence-corrected chi connectivity index (χ3v) is 5.04. The van der Waals surface area contributed by atoms with Crippen LogP contribution in [0.25, 0.3) is 0 Å². The molecule has 9 heteroatoms. The summed E-state index contributed by atoms with van der Waals surface area (Å²) >= 11 is 0. The molecule has 4 rings (SSSR count). The molecule has 0 saturated heterocycles. The van der Waals surface area contributed by atoms with E-state index >= 15 is 0 Å². The lowest BCUT2D eigenvalue weighted by Gasteiger charge is -2.30. The van der Waals surface area contributed by atoms with Gasteiger partial charge in [-0.15, -0.1) is 0 Å². The first-order valence-corrected chi connectivity index (χ1v) is 9.41. The van der Waals surface area contributed by atoms with E-state index in [1.54, 1.807) is 6.20 Å². The Bertz CT molecular complexity index is 1050. The summed E-state index contributed by atoms with van der Waals surface area (Å²) in [6, 6.07) is 6.37. The summed E-state index contributed by atoms with van der Waals surface area (Å²) in [5.41, 5.74) is 1.65. The second-order valence-electron chi connectivity index (χ2n) is 7.17. The Hall–Kier alpha value is -3.23. The smallest absolute Gasteiger partial charge is 0.366 e. The number of fused-ring (bicyclic) bond motifs is 1. The van der Waals surface area contributed by atoms with Crippen LogP contribution in [0.15, 0.2) is 42.9 Å². The largest absolute Gasteiger partial charge is 0.416 e. The van der Waals surface area contributed by atoms with Crippen molar-refractivity contribution >= 4 is 11.6 Å². The third kappa shape index (κ3) is 4.19. The van der Waals surface area contributed by atoms with Gasteiger partial charge in [0.15, 0.2) is 0 Å². The molecule has 0 atom stereocenters. The van der Waals surface area contributed by atoms with Crippen molar-refractivity contribution in [2.75, 3.05) is 16.8 Å². The molecule has 2 aromatic heterocycles. The molecule has 1 aromatic carbocycles. The van der Waals surface area contributed by atoms with Crippen molar-refractivity contribution in [3.63, 3.8) is 0 Å². The van der Waals surface area contributed by atoms with Crippen LogP contribution in [-0.2, 0) is 25.7 Å². The van der Waals surface area contributed by atoms with Crippen molar-refractivity contribution in [1.82, 2.24) is 15.0 Å². The lowest BCUT2D eigenvalue weighted by atomic mass is 10.0. The van der Waals surface area contributed by atoms with Crippen molar-refractivity contribution in [2.45, 2.75) is 32.6 Å². The number of anilines is 2. The normalized spacial score (nSPS) is 13.8. The minimum absolute atomic E-state index is 0.178. The molecule has 5 nitrogen and oxygen atoms in total. The van der Waals surface area contributed by atoms with Gasteiger partial charge in [-0.2, -0.15) is 13.2 Å². The average molecular weight is 417 g/mol. The zero-order valence-electron chi connectivity index (χ0n) is 16.2. The van der Waals surface area contributed by atoms with Gasteiger partial charge >= 0.3 is 6.18 Å². The molecule has 0 bridgehead atoms. The van der Waals surface area contributed by atoms with E-state index in [0.29, 0.717) is 18.8 Å². The first-order valence-electron chi connectivity index (χ1n) is 9.41. The lowest BCUT2D eigenvalue weighted by Crippen LogP contribution is -2.32. The SMILES string of the molecule is Cc1ccc(N2CCc3ncnc(NCc4cc(F)ccc4C(F)(F)F)c3C2)nc1. The Balaban J connectivity index is 1.58. The number of aromatic nitrogens is 3. The number of alkyl halides is 3. The Morgan fingerprint density at radius 2 is 1.93 bits per heavy atom. The van der Waals surface area contributed by atoms with E-state index < -0.39 is 17.6 Å². The van der Waals surface area contributed by atoms with Gasteiger partial charge in [0.2, 0.25) is 0 Å². The van der Waals surface area contributed by atoms with E-state index in [2.05, 4.69) is 25.2 Å². The fourth-order valence-electron chi connectivity index (χ4n) is 3.50. The number of nitrogens with zero attached hydrogens (tertiary/aromatic N) is 4. The third-order valence-electron chi connectivity index (χ3n) is 5.04. The molecule has 0 saturated carbocycles. The Kier molecular flexibility index (Phi) is 5.27. The number of halogens is 4. The summed E-state index contributed by atoms with van der Waals surface area (Å²) < 4.78 is 53.3. The molecule has 0 amide bonds. The molecule has 0 aliphatic carbocycles. The maximum absolute atomic E-state index is 13.6. The monoisotopic (exact) mass is 417 g/mol. The predicted molar refractivity (Wildman–Crippen MR) is 104 cm³/mol. The van der Waals surface area contributed by atoms with Crippen LogP contribution in [0.4, 0.5) is 29.2 Å². The van der Waals surface area contributed by atoms with Gasteiger partial charge in [-0.25, -0.2) is 19.3 Å². The van der Waals surface area contributed by atoms with Gasteiger partial charge in [0.05, 0.1) is 11.3 Å². The van der Waals surface area contributed by atoms with Gasteiger partial charge in [0, 0.05) is 37.8 Å². The molecule has 1 aliphatic rings. The second kappa shape index (κ2) is 7.89. The van der Waals surface area contributed by atoms with E-state index in [4.69, 9.17) is 0 Å². The molecule has 30 heavy (non-hydrogen) atoms. The number of aryl methyl sites for hydroxylation is 1. The molecule has 0 spiro atoms. The highest BCUT2D eigenvalue weighted by molar-refractivity contribution is 5.52. The molecule has 0 radical (unpaired) electrons. The van der Waals surface area contributed by atoms with Crippen LogP contribution in [0.2, 0.25) is 0 Å². The van der Waals surface area contributed by atoms with E-state index in [0.717, 1.165) is 47.4 Å². The zero-order chi connectivity index (χ0) is 21.3. The molecule has 0 fully saturated rings. The first kappa shape index (κ1) is 20.1. The van der Waals surface area contributed by atoms with Crippen molar-refractivity contribution in [3.8, 4) is 0 Å². The number of benzene rings is 1. The summed E-state index contributed by atoms with van der Waals surface area (Å²) in [5.74, 6) is 0.529. The van der Waals surface area contributed by atoms with Gasteiger partial charge in [-0.3, -0.25) is 0 Å². The molecule has 0 unspecified atom stereocenters. The van der Waals surface area contributed by atoms with Crippen LogP contribution in [-0.4, -0.2) is 21.5 Å². The quantitative estimate of drug-likeness (QED) is 0.633.